The van der Waals surface area contributed by atoms with Gasteiger partial charge in [0.2, 0.25) is 0 Å². The maximum atomic E-state index is 13.2. The highest BCUT2D eigenvalue weighted by Crippen LogP contribution is 2.48. The van der Waals surface area contributed by atoms with Crippen molar-refractivity contribution in [3.05, 3.63) is 57.4 Å². The third kappa shape index (κ3) is 5.48. The zero-order valence-corrected chi connectivity index (χ0v) is 20.2. The van der Waals surface area contributed by atoms with Gasteiger partial charge in [0, 0.05) is 10.1 Å². The summed E-state index contributed by atoms with van der Waals surface area (Å²) < 4.78 is 48.4. The van der Waals surface area contributed by atoms with Crippen molar-refractivity contribution in [3.63, 3.8) is 0 Å². The van der Waals surface area contributed by atoms with E-state index in [1.165, 1.54) is 35.6 Å². The molecule has 1 fully saturated rings. The second-order valence-corrected chi connectivity index (χ2v) is 10.3. The summed E-state index contributed by atoms with van der Waals surface area (Å²) >= 11 is 7.63. The van der Waals surface area contributed by atoms with Gasteiger partial charge in [0.1, 0.15) is 24.1 Å². The highest BCUT2D eigenvalue weighted by molar-refractivity contribution is 7.23. The molecule has 0 bridgehead atoms. The third-order valence-electron chi connectivity index (χ3n) is 6.03. The molecule has 2 N–H and O–H groups in total. The minimum absolute atomic E-state index is 0.0569. The number of nitrogens with one attached hydrogen (secondary N) is 1. The number of alkyl halides is 3. The van der Waals surface area contributed by atoms with Crippen LogP contribution in [0.3, 0.4) is 0 Å². The van der Waals surface area contributed by atoms with Crippen LogP contribution in [0.15, 0.2) is 36.4 Å². The Bertz CT molecular complexity index is 1290. The van der Waals surface area contributed by atoms with Gasteiger partial charge in [0.15, 0.2) is 0 Å². The molecule has 0 aliphatic heterocycles. The highest BCUT2D eigenvalue weighted by Gasteiger charge is 2.49. The van der Waals surface area contributed by atoms with E-state index in [4.69, 9.17) is 16.3 Å². The topological polar surface area (TPSA) is 84.9 Å². The van der Waals surface area contributed by atoms with Gasteiger partial charge in [-0.05, 0) is 60.6 Å². The van der Waals surface area contributed by atoms with Crippen LogP contribution in [0.1, 0.15) is 41.3 Å². The molecule has 1 saturated carbocycles. The van der Waals surface area contributed by atoms with Crippen LogP contribution in [0.2, 0.25) is 4.34 Å². The fourth-order valence-electron chi connectivity index (χ4n) is 3.78. The molecular weight excluding hydrogens is 507 g/mol. The maximum Gasteiger partial charge on any atom is 0.573 e. The zero-order chi connectivity index (χ0) is 25.5. The predicted octanol–water partition coefficient (Wildman–Crippen LogP) is 6.32. The van der Waals surface area contributed by atoms with Gasteiger partial charge in [-0.2, -0.15) is 0 Å². The van der Waals surface area contributed by atoms with Crippen LogP contribution in [0.5, 0.6) is 11.5 Å². The van der Waals surface area contributed by atoms with E-state index in [1.807, 2.05) is 6.92 Å². The molecule has 0 radical (unpaired) electrons. The molecule has 1 amide bonds. The Kier molecular flexibility index (Phi) is 6.63. The monoisotopic (exact) mass is 527 g/mol. The number of thiophene rings is 1. The van der Waals surface area contributed by atoms with E-state index >= 15 is 0 Å². The Morgan fingerprint density at radius 3 is 2.43 bits per heavy atom. The molecule has 1 aliphatic rings. The normalized spacial score (nSPS) is 15.5. The molecule has 0 saturated heterocycles. The van der Waals surface area contributed by atoms with Crippen LogP contribution in [0.4, 0.5) is 13.2 Å². The van der Waals surface area contributed by atoms with Gasteiger partial charge < -0.3 is 19.9 Å². The van der Waals surface area contributed by atoms with Crippen molar-refractivity contribution >= 4 is 44.9 Å². The number of hydrogen-bond donors (Lipinski definition) is 2. The summed E-state index contributed by atoms with van der Waals surface area (Å²) in [6, 6.07) is 7.39. The molecule has 11 heteroatoms. The second kappa shape index (κ2) is 9.23. The number of benzene rings is 2. The van der Waals surface area contributed by atoms with Crippen molar-refractivity contribution in [2.45, 2.75) is 45.7 Å². The fourth-order valence-corrected chi connectivity index (χ4v) is 5.05. The maximum absolute atomic E-state index is 13.2. The fraction of sp³-hybridized carbons (Fsp3) is 0.333. The highest BCUT2D eigenvalue weighted by atomic mass is 35.5. The number of amides is 1. The molecule has 1 unspecified atom stereocenters. The summed E-state index contributed by atoms with van der Waals surface area (Å²) in [4.78, 5) is 25.0. The number of carboxylic acids is 1. The van der Waals surface area contributed by atoms with Gasteiger partial charge in [-0.1, -0.05) is 30.7 Å². The zero-order valence-electron chi connectivity index (χ0n) is 18.7. The lowest BCUT2D eigenvalue weighted by Gasteiger charge is -2.21. The standard InChI is InChI=1S/C24H21ClF3NO5S/c1-12-17-16(35-20(12)25)8-7-15(21(30)29-19(22(31)32)23(2)9-10-23)18(17)33-11-13-3-5-14(6-4-13)34-24(26,27)28/h3-8,19H,9-11H2,1-2H3,(H,29,30)(H,31,32). The lowest BCUT2D eigenvalue weighted by atomic mass is 9.98. The Morgan fingerprint density at radius 2 is 1.86 bits per heavy atom. The van der Waals surface area contributed by atoms with E-state index in [2.05, 4.69) is 10.1 Å². The number of carbonyl (C=O) groups is 2. The molecule has 6 nitrogen and oxygen atoms in total. The molecule has 0 spiro atoms. The molecular formula is C24H21ClF3NO5S. The number of aliphatic carboxylic acids is 1. The Hall–Kier alpha value is -2.98. The van der Waals surface area contributed by atoms with E-state index in [9.17, 15) is 27.9 Å². The average Bonchev–Trinajstić information content (AvgIpc) is 3.45. The third-order valence-corrected chi connectivity index (χ3v) is 7.59. The van der Waals surface area contributed by atoms with E-state index in [1.54, 1.807) is 19.1 Å². The first-order valence-corrected chi connectivity index (χ1v) is 11.8. The van der Waals surface area contributed by atoms with Gasteiger partial charge in [0.05, 0.1) is 9.90 Å². The molecule has 1 aromatic heterocycles. The van der Waals surface area contributed by atoms with Crippen molar-refractivity contribution in [1.29, 1.82) is 0 Å². The SMILES string of the molecule is Cc1c(Cl)sc2ccc(C(=O)NC(C(=O)O)C3(C)CC3)c(OCc3ccc(OC(F)(F)F)cc3)c12. The van der Waals surface area contributed by atoms with E-state index in [0.29, 0.717) is 33.7 Å². The van der Waals surface area contributed by atoms with Gasteiger partial charge >= 0.3 is 12.3 Å². The van der Waals surface area contributed by atoms with E-state index < -0.39 is 29.7 Å². The van der Waals surface area contributed by atoms with Gasteiger partial charge in [-0.25, -0.2) is 4.79 Å². The van der Waals surface area contributed by atoms with Crippen LogP contribution in [0.25, 0.3) is 10.1 Å². The van der Waals surface area contributed by atoms with Crippen LogP contribution >= 0.6 is 22.9 Å². The lowest BCUT2D eigenvalue weighted by Crippen LogP contribution is -2.46. The summed E-state index contributed by atoms with van der Waals surface area (Å²) in [6.07, 6.45) is -3.41. The van der Waals surface area contributed by atoms with Crippen molar-refractivity contribution in [3.8, 4) is 11.5 Å². The minimum Gasteiger partial charge on any atom is -0.487 e. The molecule has 1 heterocycles. The van der Waals surface area contributed by atoms with E-state index in [-0.39, 0.29) is 23.7 Å². The molecule has 3 aromatic rings. The minimum atomic E-state index is -4.79. The van der Waals surface area contributed by atoms with Gasteiger partial charge in [-0.15, -0.1) is 24.5 Å². The first-order valence-electron chi connectivity index (χ1n) is 10.6. The molecule has 1 aliphatic carbocycles. The van der Waals surface area contributed by atoms with Gasteiger partial charge in [-0.3, -0.25) is 4.79 Å². The van der Waals surface area contributed by atoms with Crippen molar-refractivity contribution in [1.82, 2.24) is 5.32 Å². The summed E-state index contributed by atoms with van der Waals surface area (Å²) in [5.41, 5.74) is 0.876. The molecule has 2 aromatic carbocycles. The molecule has 186 valence electrons. The number of carbonyl (C=O) groups excluding carboxylic acids is 1. The Labute approximate surface area is 207 Å². The molecule has 4 rings (SSSR count). The first kappa shape index (κ1) is 25.1. The molecule has 1 atom stereocenters. The van der Waals surface area contributed by atoms with Crippen LogP contribution in [-0.4, -0.2) is 29.4 Å². The van der Waals surface area contributed by atoms with Gasteiger partial charge in [0.25, 0.3) is 5.91 Å². The summed E-state index contributed by atoms with van der Waals surface area (Å²) in [6.45, 7) is 3.53. The number of halogens is 4. The largest absolute Gasteiger partial charge is 0.573 e. The number of ether oxygens (including phenoxy) is 2. The smallest absolute Gasteiger partial charge is 0.487 e. The molecule has 35 heavy (non-hydrogen) atoms. The van der Waals surface area contributed by atoms with Crippen molar-refractivity contribution in [2.75, 3.05) is 0 Å². The van der Waals surface area contributed by atoms with Crippen molar-refractivity contribution in [2.24, 2.45) is 5.41 Å². The predicted molar refractivity (Wildman–Crippen MR) is 125 cm³/mol. The van der Waals surface area contributed by atoms with Crippen LogP contribution in [0, 0.1) is 12.3 Å². The number of carboxylic acid groups (broad SMARTS) is 1. The number of rotatable bonds is 8. The summed E-state index contributed by atoms with van der Waals surface area (Å²) in [5.74, 6) is -1.85. The van der Waals surface area contributed by atoms with Crippen LogP contribution in [-0.2, 0) is 11.4 Å². The Morgan fingerprint density at radius 1 is 1.20 bits per heavy atom. The number of aryl methyl sites for hydroxylation is 1. The summed E-state index contributed by atoms with van der Waals surface area (Å²) in [5, 5.41) is 12.9. The number of fused-ring (bicyclic) bond motifs is 1. The number of hydrogen-bond acceptors (Lipinski definition) is 5. The van der Waals surface area contributed by atoms with Crippen molar-refractivity contribution < 1.29 is 37.3 Å². The van der Waals surface area contributed by atoms with Crippen LogP contribution < -0.4 is 14.8 Å². The first-order chi connectivity index (χ1) is 16.4. The summed E-state index contributed by atoms with van der Waals surface area (Å²) in [7, 11) is 0. The quantitative estimate of drug-likeness (QED) is 0.358. The average molecular weight is 528 g/mol. The Balaban J connectivity index is 1.63. The van der Waals surface area contributed by atoms with E-state index in [0.717, 1.165) is 4.70 Å². The second-order valence-electron chi connectivity index (χ2n) is 8.70. The lowest BCUT2D eigenvalue weighted by molar-refractivity contribution is -0.274.